The molecule has 2 heterocycles. The number of hydrogen-bond acceptors (Lipinski definition) is 6. The van der Waals surface area contributed by atoms with Crippen LogP contribution in [0.3, 0.4) is 0 Å². The van der Waals surface area contributed by atoms with Crippen LogP contribution < -0.4 is 10.3 Å². The van der Waals surface area contributed by atoms with Gasteiger partial charge in [0.25, 0.3) is 11.4 Å². The molecule has 0 spiro atoms. The number of rotatable bonds is 4. The molecule has 152 valence electrons. The number of halogens is 3. The summed E-state index contributed by atoms with van der Waals surface area (Å²) in [5.41, 5.74) is 1.54. The van der Waals surface area contributed by atoms with E-state index in [1.54, 1.807) is 18.2 Å². The molecule has 0 atom stereocenters. The first-order valence-electron chi connectivity index (χ1n) is 8.64. The molecule has 0 aliphatic heterocycles. The van der Waals surface area contributed by atoms with Crippen molar-refractivity contribution in [3.63, 3.8) is 0 Å². The van der Waals surface area contributed by atoms with E-state index in [0.29, 0.717) is 16.7 Å². The molecule has 10 heteroatoms. The van der Waals surface area contributed by atoms with Crippen molar-refractivity contribution in [2.75, 3.05) is 0 Å². The highest BCUT2D eigenvalue weighted by molar-refractivity contribution is 5.67. The fourth-order valence-corrected chi connectivity index (χ4v) is 2.79. The monoisotopic (exact) mass is 414 g/mol. The molecule has 7 nitrogen and oxygen atoms in total. The van der Waals surface area contributed by atoms with E-state index in [1.165, 1.54) is 23.9 Å². The second-order valence-corrected chi connectivity index (χ2v) is 6.23. The van der Waals surface area contributed by atoms with Gasteiger partial charge >= 0.3 is 6.36 Å². The first kappa shape index (κ1) is 19.4. The van der Waals surface area contributed by atoms with Gasteiger partial charge in [0.15, 0.2) is 0 Å². The molecule has 0 bridgehead atoms. The van der Waals surface area contributed by atoms with Crippen LogP contribution in [0.1, 0.15) is 0 Å². The first-order chi connectivity index (χ1) is 14.3. The summed E-state index contributed by atoms with van der Waals surface area (Å²) in [6, 6.07) is 15.7. The molecule has 0 unspecified atom stereocenters. The number of nitrogens with zero attached hydrogens (tertiary/aromatic N) is 4. The van der Waals surface area contributed by atoms with Crippen molar-refractivity contribution < 1.29 is 22.4 Å². The van der Waals surface area contributed by atoms with Crippen LogP contribution in [0.2, 0.25) is 0 Å². The minimum Gasteiger partial charge on any atom is -0.406 e. The van der Waals surface area contributed by atoms with E-state index in [1.807, 2.05) is 18.2 Å². The zero-order valence-corrected chi connectivity index (χ0v) is 15.4. The Morgan fingerprint density at radius 1 is 1.00 bits per heavy atom. The molecule has 2 aromatic carbocycles. The molecule has 0 saturated heterocycles. The largest absolute Gasteiger partial charge is 0.573 e. The molecule has 0 amide bonds. The van der Waals surface area contributed by atoms with E-state index in [4.69, 9.17) is 4.52 Å². The summed E-state index contributed by atoms with van der Waals surface area (Å²) in [5, 5.41) is 8.00. The highest BCUT2D eigenvalue weighted by Gasteiger charge is 2.31. The lowest BCUT2D eigenvalue weighted by molar-refractivity contribution is -0.274. The summed E-state index contributed by atoms with van der Waals surface area (Å²) >= 11 is 0. The Kier molecular flexibility index (Phi) is 4.82. The van der Waals surface area contributed by atoms with Gasteiger partial charge in [0, 0.05) is 12.6 Å². The Bertz CT molecular complexity index is 1230. The number of ether oxygens (including phenoxy) is 1. The first-order valence-corrected chi connectivity index (χ1v) is 8.64. The molecule has 0 aliphatic rings. The van der Waals surface area contributed by atoms with Crippen molar-refractivity contribution in [2.45, 2.75) is 6.36 Å². The summed E-state index contributed by atoms with van der Waals surface area (Å²) in [5.74, 6) is -0.143. The van der Waals surface area contributed by atoms with Crippen molar-refractivity contribution in [3.05, 3.63) is 71.0 Å². The Morgan fingerprint density at radius 3 is 2.37 bits per heavy atom. The molecule has 0 radical (unpaired) electrons. The maximum Gasteiger partial charge on any atom is 0.573 e. The van der Waals surface area contributed by atoms with E-state index in [9.17, 15) is 18.0 Å². The molecule has 0 fully saturated rings. The van der Waals surface area contributed by atoms with Gasteiger partial charge in [0.2, 0.25) is 5.82 Å². The van der Waals surface area contributed by atoms with Crippen molar-refractivity contribution in [1.29, 1.82) is 0 Å². The average Bonchev–Trinajstić information content (AvgIpc) is 3.20. The summed E-state index contributed by atoms with van der Waals surface area (Å²) in [4.78, 5) is 16.7. The quantitative estimate of drug-likeness (QED) is 0.501. The van der Waals surface area contributed by atoms with Crippen LogP contribution in [0.4, 0.5) is 13.2 Å². The molecule has 2 aromatic heterocycles. The van der Waals surface area contributed by atoms with Gasteiger partial charge in [-0.15, -0.1) is 13.2 Å². The van der Waals surface area contributed by atoms with Crippen molar-refractivity contribution in [1.82, 2.24) is 19.9 Å². The summed E-state index contributed by atoms with van der Waals surface area (Å²) in [6.45, 7) is 0. The number of aromatic nitrogens is 4. The second-order valence-electron chi connectivity index (χ2n) is 6.23. The van der Waals surface area contributed by atoms with Crippen LogP contribution in [0.25, 0.3) is 34.1 Å². The maximum atomic E-state index is 12.5. The number of aryl methyl sites for hydroxylation is 1. The number of hydrogen-bond donors (Lipinski definition) is 0. The van der Waals surface area contributed by atoms with Gasteiger partial charge in [-0.25, -0.2) is 4.68 Å². The van der Waals surface area contributed by atoms with Crippen molar-refractivity contribution in [2.24, 2.45) is 7.05 Å². The molecule has 30 heavy (non-hydrogen) atoms. The SMILES string of the molecule is Cn1nc(-c2nc(-c3ccc(OC(F)(F)F)cc3)no2)cc(-c2ccccc2)c1=O. The van der Waals surface area contributed by atoms with Gasteiger partial charge in [0.1, 0.15) is 11.4 Å². The van der Waals surface area contributed by atoms with E-state index in [-0.39, 0.29) is 28.7 Å². The van der Waals surface area contributed by atoms with E-state index < -0.39 is 6.36 Å². The maximum absolute atomic E-state index is 12.5. The third kappa shape index (κ3) is 4.07. The Morgan fingerprint density at radius 2 is 1.70 bits per heavy atom. The standard InChI is InChI=1S/C20H13F3N4O3/c1-27-19(28)15(12-5-3-2-4-6-12)11-16(25-27)18-24-17(26-30-18)13-7-9-14(10-8-13)29-20(21,22)23/h2-11H,1H3. The van der Waals surface area contributed by atoms with Crippen LogP contribution >= 0.6 is 0 Å². The van der Waals surface area contributed by atoms with Gasteiger partial charge in [-0.05, 0) is 35.9 Å². The van der Waals surface area contributed by atoms with E-state index in [2.05, 4.69) is 20.0 Å². The highest BCUT2D eigenvalue weighted by Crippen LogP contribution is 2.27. The third-order valence-corrected chi connectivity index (χ3v) is 4.14. The Hall–Kier alpha value is -3.95. The molecule has 0 aliphatic carbocycles. The van der Waals surface area contributed by atoms with Crippen LogP contribution in [0, 0.1) is 0 Å². The fraction of sp³-hybridized carbons (Fsp3) is 0.100. The van der Waals surface area contributed by atoms with Gasteiger partial charge in [-0.3, -0.25) is 4.79 Å². The molecular weight excluding hydrogens is 401 g/mol. The molecule has 4 aromatic rings. The van der Waals surface area contributed by atoms with Crippen molar-refractivity contribution >= 4 is 0 Å². The molecule has 0 saturated carbocycles. The van der Waals surface area contributed by atoms with Gasteiger partial charge in [-0.1, -0.05) is 35.5 Å². The van der Waals surface area contributed by atoms with Crippen LogP contribution in [-0.4, -0.2) is 26.3 Å². The predicted molar refractivity (Wildman–Crippen MR) is 100 cm³/mol. The van der Waals surface area contributed by atoms with Gasteiger partial charge in [-0.2, -0.15) is 10.1 Å². The van der Waals surface area contributed by atoms with Crippen LogP contribution in [0.15, 0.2) is 70.0 Å². The average molecular weight is 414 g/mol. The number of alkyl halides is 3. The molecular formula is C20H13F3N4O3. The normalized spacial score (nSPS) is 11.5. The van der Waals surface area contributed by atoms with Crippen molar-refractivity contribution in [3.8, 4) is 39.8 Å². The van der Waals surface area contributed by atoms with E-state index >= 15 is 0 Å². The Balaban J connectivity index is 1.66. The minimum absolute atomic E-state index is 0.0633. The zero-order valence-electron chi connectivity index (χ0n) is 15.4. The molecule has 0 N–H and O–H groups in total. The summed E-state index contributed by atoms with van der Waals surface area (Å²) in [6.07, 6.45) is -4.77. The zero-order chi connectivity index (χ0) is 21.3. The fourth-order valence-electron chi connectivity index (χ4n) is 2.79. The van der Waals surface area contributed by atoms with Gasteiger partial charge < -0.3 is 9.26 Å². The molecule has 4 rings (SSSR count). The lowest BCUT2D eigenvalue weighted by atomic mass is 10.1. The highest BCUT2D eigenvalue weighted by atomic mass is 19.4. The minimum atomic E-state index is -4.77. The second kappa shape index (κ2) is 7.47. The summed E-state index contributed by atoms with van der Waals surface area (Å²) < 4.78 is 47.1. The smallest absolute Gasteiger partial charge is 0.406 e. The topological polar surface area (TPSA) is 83.0 Å². The lowest BCUT2D eigenvalue weighted by Crippen LogP contribution is -2.21. The predicted octanol–water partition coefficient (Wildman–Crippen LogP) is 4.06. The van der Waals surface area contributed by atoms with E-state index in [0.717, 1.165) is 12.1 Å². The number of benzene rings is 2. The van der Waals surface area contributed by atoms with Gasteiger partial charge in [0.05, 0.1) is 5.56 Å². The Labute approximate surface area is 167 Å². The van der Waals surface area contributed by atoms with Crippen LogP contribution in [-0.2, 0) is 7.05 Å². The third-order valence-electron chi connectivity index (χ3n) is 4.14. The lowest BCUT2D eigenvalue weighted by Gasteiger charge is -2.08. The van der Waals surface area contributed by atoms with Crippen LogP contribution in [0.5, 0.6) is 5.75 Å². The summed E-state index contributed by atoms with van der Waals surface area (Å²) in [7, 11) is 1.51.